The number of carbonyl (C=O) groups excluding carboxylic acids is 2. The van der Waals surface area contributed by atoms with E-state index in [-0.39, 0.29) is 6.54 Å². The number of carbonyl (C=O) groups is 2. The molecule has 5 heteroatoms. The third-order valence-corrected chi connectivity index (χ3v) is 6.19. The maximum atomic E-state index is 11.6. The minimum atomic E-state index is -0.603. The Morgan fingerprint density at radius 3 is 2.32 bits per heavy atom. The van der Waals surface area contributed by atoms with Crippen molar-refractivity contribution in [3.8, 4) is 23.7 Å². The molecular formula is C32H31NO4. The molecule has 188 valence electrons. The summed E-state index contributed by atoms with van der Waals surface area (Å²) in [5.74, 6) is 11.9. The molecule has 0 aliphatic heterocycles. The highest BCUT2D eigenvalue weighted by atomic mass is 16.6. The highest BCUT2D eigenvalue weighted by Gasteiger charge is 2.09. The fourth-order valence-corrected chi connectivity index (χ4v) is 4.28. The third kappa shape index (κ3) is 6.93. The summed E-state index contributed by atoms with van der Waals surface area (Å²) in [4.78, 5) is 23.0. The van der Waals surface area contributed by atoms with E-state index in [1.165, 1.54) is 26.9 Å². The summed E-state index contributed by atoms with van der Waals surface area (Å²) < 4.78 is 10.0. The summed E-state index contributed by atoms with van der Waals surface area (Å²) in [7, 11) is 0. The summed E-state index contributed by atoms with van der Waals surface area (Å²) in [6.07, 6.45) is 4.44. The van der Waals surface area contributed by atoms with E-state index in [0.717, 1.165) is 49.5 Å². The number of nitrogens with one attached hydrogen (secondary N) is 1. The normalized spacial score (nSPS) is 10.5. The molecule has 1 amide bonds. The molecule has 0 radical (unpaired) electrons. The zero-order valence-electron chi connectivity index (χ0n) is 21.2. The van der Waals surface area contributed by atoms with Gasteiger partial charge >= 0.3 is 12.1 Å². The van der Waals surface area contributed by atoms with Gasteiger partial charge in [0, 0.05) is 12.0 Å². The van der Waals surface area contributed by atoms with Crippen molar-refractivity contribution in [2.75, 3.05) is 19.8 Å². The largest absolute Gasteiger partial charge is 0.464 e. The van der Waals surface area contributed by atoms with Crippen molar-refractivity contribution >= 4 is 44.4 Å². The molecule has 4 aromatic carbocycles. The van der Waals surface area contributed by atoms with Crippen molar-refractivity contribution in [1.82, 2.24) is 5.32 Å². The van der Waals surface area contributed by atoms with Crippen molar-refractivity contribution in [3.63, 3.8) is 0 Å². The first-order valence-corrected chi connectivity index (χ1v) is 12.9. The van der Waals surface area contributed by atoms with E-state index in [2.05, 4.69) is 83.6 Å². The van der Waals surface area contributed by atoms with Crippen LogP contribution in [0.3, 0.4) is 0 Å². The van der Waals surface area contributed by atoms with Gasteiger partial charge in [-0.05, 0) is 75.9 Å². The van der Waals surface area contributed by atoms with Gasteiger partial charge in [-0.2, -0.15) is 0 Å². The fraction of sp³-hybridized carbons (Fsp3) is 0.312. The molecule has 0 aliphatic rings. The predicted molar refractivity (Wildman–Crippen MR) is 148 cm³/mol. The van der Waals surface area contributed by atoms with Crippen LogP contribution in [0.25, 0.3) is 32.3 Å². The maximum absolute atomic E-state index is 11.6. The molecule has 0 spiro atoms. The van der Waals surface area contributed by atoms with Crippen LogP contribution in [0.2, 0.25) is 0 Å². The molecule has 0 saturated carbocycles. The van der Waals surface area contributed by atoms with Gasteiger partial charge in [0.15, 0.2) is 0 Å². The number of ether oxygens (including phenoxy) is 2. The van der Waals surface area contributed by atoms with Crippen LogP contribution in [0, 0.1) is 23.7 Å². The highest BCUT2D eigenvalue weighted by Crippen LogP contribution is 2.35. The van der Waals surface area contributed by atoms with Gasteiger partial charge in [-0.3, -0.25) is 4.79 Å². The number of esters is 1. The van der Waals surface area contributed by atoms with Crippen molar-refractivity contribution in [2.45, 2.75) is 45.4 Å². The van der Waals surface area contributed by atoms with Gasteiger partial charge in [0.05, 0.1) is 13.2 Å². The van der Waals surface area contributed by atoms with Gasteiger partial charge in [0.1, 0.15) is 6.54 Å². The van der Waals surface area contributed by atoms with Gasteiger partial charge in [-0.1, -0.05) is 73.7 Å². The molecule has 1 N–H and O–H groups in total. The van der Waals surface area contributed by atoms with Gasteiger partial charge in [0.2, 0.25) is 0 Å². The first-order chi connectivity index (χ1) is 18.2. The molecule has 0 aliphatic carbocycles. The Morgan fingerprint density at radius 2 is 1.51 bits per heavy atom. The van der Waals surface area contributed by atoms with Crippen molar-refractivity contribution in [1.29, 1.82) is 0 Å². The van der Waals surface area contributed by atoms with E-state index in [1.54, 1.807) is 0 Å². The number of rotatable bonds is 10. The van der Waals surface area contributed by atoms with E-state index >= 15 is 0 Å². The molecular weight excluding hydrogens is 462 g/mol. The van der Waals surface area contributed by atoms with E-state index in [9.17, 15) is 9.59 Å². The van der Waals surface area contributed by atoms with Gasteiger partial charge in [-0.25, -0.2) is 4.79 Å². The van der Waals surface area contributed by atoms with Crippen LogP contribution in [-0.4, -0.2) is 31.8 Å². The Bertz CT molecular complexity index is 1480. The summed E-state index contributed by atoms with van der Waals surface area (Å²) in [5.41, 5.74) is 0.990. The second-order valence-corrected chi connectivity index (χ2v) is 8.90. The Balaban J connectivity index is 1.19. The Kier molecular flexibility index (Phi) is 9.22. The fourth-order valence-electron chi connectivity index (χ4n) is 4.28. The molecule has 0 aromatic heterocycles. The smallest absolute Gasteiger partial charge is 0.407 e. The topological polar surface area (TPSA) is 64.6 Å². The van der Waals surface area contributed by atoms with Gasteiger partial charge < -0.3 is 14.8 Å². The molecule has 4 rings (SSSR count). The summed E-state index contributed by atoms with van der Waals surface area (Å²) >= 11 is 0. The standard InChI is InChI=1S/C32H31NO4/c1-2-3-21-36-29(34)23-33-32(35)37-22-10-8-6-4-5-7-9-12-24-15-16-27-18-17-25-13-11-14-26-19-20-28(24)31(27)30(25)26/h11,13-20H,2-4,6,8,10,21-23H2,1H3,(H,33,35). The molecule has 0 unspecified atom stereocenters. The average molecular weight is 494 g/mol. The van der Waals surface area contributed by atoms with Crippen LogP contribution < -0.4 is 5.32 Å². The monoisotopic (exact) mass is 493 g/mol. The van der Waals surface area contributed by atoms with E-state index in [4.69, 9.17) is 9.47 Å². The molecule has 0 bridgehead atoms. The number of alkyl carbamates (subject to hydrolysis) is 1. The molecule has 37 heavy (non-hydrogen) atoms. The minimum absolute atomic E-state index is 0.173. The quantitative estimate of drug-likeness (QED) is 0.117. The number of unbranched alkanes of at least 4 members (excludes halogenated alkanes) is 4. The maximum Gasteiger partial charge on any atom is 0.407 e. The minimum Gasteiger partial charge on any atom is -0.464 e. The lowest BCUT2D eigenvalue weighted by atomic mass is 9.92. The SMILES string of the molecule is CCCCOC(=O)CNC(=O)OCCCCCC#CC#Cc1ccc2ccc3cccc4ccc1c2c34. The number of benzene rings is 4. The number of hydrogen-bond acceptors (Lipinski definition) is 4. The van der Waals surface area contributed by atoms with Crippen LogP contribution in [0.15, 0.2) is 54.6 Å². The lowest BCUT2D eigenvalue weighted by Crippen LogP contribution is -2.31. The number of amides is 1. The average Bonchev–Trinajstić information content (AvgIpc) is 2.92. The molecule has 0 fully saturated rings. The molecule has 5 nitrogen and oxygen atoms in total. The molecule has 0 saturated heterocycles. The molecule has 0 atom stereocenters. The first-order valence-electron chi connectivity index (χ1n) is 12.9. The van der Waals surface area contributed by atoms with Crippen LogP contribution >= 0.6 is 0 Å². The predicted octanol–water partition coefficient (Wildman–Crippen LogP) is 6.57. The Hall–Kier alpha value is -4.22. The van der Waals surface area contributed by atoms with Crippen LogP contribution in [0.4, 0.5) is 4.79 Å². The zero-order valence-corrected chi connectivity index (χ0v) is 21.2. The van der Waals surface area contributed by atoms with Gasteiger partial charge in [-0.15, -0.1) is 0 Å². The van der Waals surface area contributed by atoms with Crippen LogP contribution in [0.5, 0.6) is 0 Å². The lowest BCUT2D eigenvalue weighted by molar-refractivity contribution is -0.142. The third-order valence-electron chi connectivity index (χ3n) is 6.19. The second-order valence-electron chi connectivity index (χ2n) is 8.90. The zero-order chi connectivity index (χ0) is 25.9. The van der Waals surface area contributed by atoms with E-state index < -0.39 is 12.1 Å². The van der Waals surface area contributed by atoms with Crippen molar-refractivity contribution < 1.29 is 19.1 Å². The van der Waals surface area contributed by atoms with E-state index in [1.807, 2.05) is 6.92 Å². The summed E-state index contributed by atoms with van der Waals surface area (Å²) in [6, 6.07) is 19.3. The van der Waals surface area contributed by atoms with Crippen molar-refractivity contribution in [2.24, 2.45) is 0 Å². The van der Waals surface area contributed by atoms with Crippen LogP contribution in [0.1, 0.15) is 51.0 Å². The molecule has 4 aromatic rings. The number of hydrogen-bond donors (Lipinski definition) is 1. The Morgan fingerprint density at radius 1 is 0.784 bits per heavy atom. The van der Waals surface area contributed by atoms with E-state index in [0.29, 0.717) is 13.2 Å². The van der Waals surface area contributed by atoms with Gasteiger partial charge in [0.25, 0.3) is 0 Å². The first kappa shape index (κ1) is 25.9. The lowest BCUT2D eigenvalue weighted by Gasteiger charge is -2.11. The molecule has 0 heterocycles. The Labute approximate surface area is 217 Å². The van der Waals surface area contributed by atoms with Crippen molar-refractivity contribution in [3.05, 3.63) is 60.2 Å². The summed E-state index contributed by atoms with van der Waals surface area (Å²) in [5, 5.41) is 9.83. The van der Waals surface area contributed by atoms with Crippen LogP contribution in [-0.2, 0) is 14.3 Å². The highest BCUT2D eigenvalue weighted by molar-refractivity contribution is 6.23. The summed E-state index contributed by atoms with van der Waals surface area (Å²) in [6.45, 7) is 2.52. The second kappa shape index (κ2) is 13.2.